The van der Waals surface area contributed by atoms with E-state index in [1.165, 1.54) is 16.7 Å². The van der Waals surface area contributed by atoms with E-state index in [0.717, 1.165) is 76.0 Å². The van der Waals surface area contributed by atoms with Gasteiger partial charge in [0.1, 0.15) is 12.4 Å². The van der Waals surface area contributed by atoms with Crippen LogP contribution >= 0.6 is 0 Å². The number of aliphatic imine (C=N–C) groups is 2. The molecule has 0 aliphatic carbocycles. The largest absolute Gasteiger partial charge is 0.488 e. The van der Waals surface area contributed by atoms with E-state index >= 15 is 0 Å². The quantitative estimate of drug-likeness (QED) is 0.208. The molecule has 0 spiro atoms. The summed E-state index contributed by atoms with van der Waals surface area (Å²) in [6.45, 7) is 14.2. The van der Waals surface area contributed by atoms with Crippen LogP contribution in [-0.2, 0) is 32.1 Å². The first kappa shape index (κ1) is 37.6. The van der Waals surface area contributed by atoms with Crippen LogP contribution in [-0.4, -0.2) is 84.6 Å². The highest BCUT2D eigenvalue weighted by molar-refractivity contribution is 6.07. The van der Waals surface area contributed by atoms with E-state index in [2.05, 4.69) is 75.1 Å². The lowest BCUT2D eigenvalue weighted by molar-refractivity contribution is -0.139. The van der Waals surface area contributed by atoms with Gasteiger partial charge in [0.05, 0.1) is 36.4 Å². The Morgan fingerprint density at radius 3 is 2.49 bits per heavy atom. The molecule has 0 aromatic heterocycles. The highest BCUT2D eigenvalue weighted by atomic mass is 16.5. The fourth-order valence-corrected chi connectivity index (χ4v) is 9.46. The van der Waals surface area contributed by atoms with Crippen molar-refractivity contribution in [1.29, 1.82) is 0 Å². The molecule has 2 fully saturated rings. The number of benzene rings is 3. The van der Waals surface area contributed by atoms with Crippen molar-refractivity contribution in [2.75, 3.05) is 27.4 Å². The Morgan fingerprint density at radius 1 is 0.909 bits per heavy atom. The molecule has 0 N–H and O–H groups in total. The Kier molecular flexibility index (Phi) is 10.2. The number of ether oxygens (including phenoxy) is 3. The lowest BCUT2D eigenvalue weighted by atomic mass is 9.89. The topological polar surface area (TPSA) is 93.0 Å². The molecule has 2 amide bonds. The number of hydrogen-bond donors (Lipinski definition) is 0. The van der Waals surface area contributed by atoms with Crippen LogP contribution in [0.2, 0.25) is 0 Å². The minimum Gasteiger partial charge on any atom is -0.488 e. The van der Waals surface area contributed by atoms with Crippen LogP contribution in [0.15, 0.2) is 58.6 Å². The number of nitrogens with zero attached hydrogens (tertiary/aromatic N) is 4. The number of amides is 2. The fourth-order valence-electron chi connectivity index (χ4n) is 9.46. The smallest absolute Gasteiger partial charge is 0.228 e. The predicted octanol–water partition coefficient (Wildman–Crippen LogP) is 8.42. The first-order valence-electron chi connectivity index (χ1n) is 20.3. The molecule has 3 aromatic rings. The van der Waals surface area contributed by atoms with E-state index in [1.54, 1.807) is 14.2 Å². The minimum absolute atomic E-state index is 0.00139. The summed E-state index contributed by atoms with van der Waals surface area (Å²) in [6.07, 6.45) is 6.14. The average Bonchev–Trinajstić information content (AvgIpc) is 4.01. The minimum atomic E-state index is -0.246. The second-order valence-corrected chi connectivity index (χ2v) is 17.0. The molecule has 5 aliphatic heterocycles. The molecule has 0 saturated carbocycles. The lowest BCUT2D eigenvalue weighted by Crippen LogP contribution is -2.46. The predicted molar refractivity (Wildman–Crippen MR) is 219 cm³/mol. The SMILES string of the molecule is COC[C@H]1C[C@@H](C2=Nc3ccc4cc5c(cc4c3C2)OCc2cc(C3=CN=C([C@@H]4CC[C@H](C)N4C(=O)[C@@H](C)C(C)C)C3)ccc2-5)N(C(=O)[C@@H](C)[C@@H](C)OC)C1. The van der Waals surface area contributed by atoms with Crippen LogP contribution < -0.4 is 4.74 Å². The molecule has 290 valence electrons. The summed E-state index contributed by atoms with van der Waals surface area (Å²) in [5, 5.41) is 2.31. The summed E-state index contributed by atoms with van der Waals surface area (Å²) >= 11 is 0. The number of allylic oxidation sites excluding steroid dienone is 1. The third kappa shape index (κ3) is 6.71. The highest BCUT2D eigenvalue weighted by Gasteiger charge is 2.43. The zero-order chi connectivity index (χ0) is 38.7. The van der Waals surface area contributed by atoms with Crippen molar-refractivity contribution in [3.05, 3.63) is 65.4 Å². The summed E-state index contributed by atoms with van der Waals surface area (Å²) in [7, 11) is 3.39. The maximum absolute atomic E-state index is 13.8. The number of fused-ring (bicyclic) bond motifs is 6. The normalized spacial score (nSPS) is 24.6. The van der Waals surface area contributed by atoms with Crippen LogP contribution in [0.4, 0.5) is 5.69 Å². The fraction of sp³-hybridized carbons (Fsp3) is 0.522. The number of likely N-dealkylation sites (tertiary alicyclic amines) is 2. The van der Waals surface area contributed by atoms with Gasteiger partial charge in [0, 0.05) is 74.7 Å². The van der Waals surface area contributed by atoms with Gasteiger partial charge in [0.15, 0.2) is 0 Å². The van der Waals surface area contributed by atoms with Gasteiger partial charge in [0.25, 0.3) is 0 Å². The van der Waals surface area contributed by atoms with E-state index in [1.807, 2.05) is 24.9 Å². The molecule has 2 saturated heterocycles. The molecule has 55 heavy (non-hydrogen) atoms. The maximum atomic E-state index is 13.8. The van der Waals surface area contributed by atoms with Gasteiger partial charge >= 0.3 is 0 Å². The Labute approximate surface area is 325 Å². The van der Waals surface area contributed by atoms with Crippen molar-refractivity contribution in [3.63, 3.8) is 0 Å². The third-order valence-electron chi connectivity index (χ3n) is 13.4. The maximum Gasteiger partial charge on any atom is 0.228 e. The molecule has 8 rings (SSSR count). The number of rotatable bonds is 10. The van der Waals surface area contributed by atoms with Gasteiger partial charge in [-0.2, -0.15) is 0 Å². The summed E-state index contributed by atoms with van der Waals surface area (Å²) in [5.41, 5.74) is 10.1. The molecular weight excluding hydrogens is 689 g/mol. The van der Waals surface area contributed by atoms with Crippen molar-refractivity contribution >= 4 is 45.3 Å². The van der Waals surface area contributed by atoms with Crippen molar-refractivity contribution in [2.45, 2.75) is 104 Å². The van der Waals surface area contributed by atoms with Crippen LogP contribution in [0, 0.1) is 23.7 Å². The van der Waals surface area contributed by atoms with Gasteiger partial charge in [-0.25, -0.2) is 0 Å². The Hall–Kier alpha value is -4.34. The average molecular weight is 745 g/mol. The Morgan fingerprint density at radius 2 is 1.73 bits per heavy atom. The zero-order valence-electron chi connectivity index (χ0n) is 33.7. The monoisotopic (exact) mass is 744 g/mol. The van der Waals surface area contributed by atoms with Crippen molar-refractivity contribution in [3.8, 4) is 16.9 Å². The summed E-state index contributed by atoms with van der Waals surface area (Å²) in [4.78, 5) is 41.5. The van der Waals surface area contributed by atoms with Gasteiger partial charge in [-0.3, -0.25) is 19.6 Å². The van der Waals surface area contributed by atoms with E-state index in [9.17, 15) is 9.59 Å². The van der Waals surface area contributed by atoms with E-state index in [0.29, 0.717) is 32.1 Å². The van der Waals surface area contributed by atoms with Crippen molar-refractivity contribution in [2.24, 2.45) is 33.7 Å². The molecular formula is C46H56N4O5. The molecule has 0 unspecified atom stereocenters. The molecule has 9 heteroatoms. The molecule has 5 heterocycles. The van der Waals surface area contributed by atoms with Gasteiger partial charge in [-0.15, -0.1) is 0 Å². The second-order valence-electron chi connectivity index (χ2n) is 17.0. The molecule has 3 aromatic carbocycles. The number of carbonyl (C=O) groups excluding carboxylic acids is 2. The molecule has 5 aliphatic rings. The second kappa shape index (κ2) is 15.0. The van der Waals surface area contributed by atoms with Crippen LogP contribution in [0.3, 0.4) is 0 Å². The van der Waals surface area contributed by atoms with E-state index in [4.69, 9.17) is 24.2 Å². The van der Waals surface area contributed by atoms with Gasteiger partial charge in [-0.05, 0) is 102 Å². The van der Waals surface area contributed by atoms with Crippen LogP contribution in [0.1, 0.15) is 83.9 Å². The third-order valence-corrected chi connectivity index (χ3v) is 13.4. The van der Waals surface area contributed by atoms with Gasteiger partial charge < -0.3 is 24.0 Å². The Balaban J connectivity index is 1.00. The van der Waals surface area contributed by atoms with Crippen LogP contribution in [0.25, 0.3) is 27.5 Å². The summed E-state index contributed by atoms with van der Waals surface area (Å²) < 4.78 is 17.6. The first-order chi connectivity index (χ1) is 26.5. The first-order valence-corrected chi connectivity index (χ1v) is 20.3. The Bertz CT molecular complexity index is 2120. The summed E-state index contributed by atoms with van der Waals surface area (Å²) in [5.74, 6) is 1.58. The van der Waals surface area contributed by atoms with Crippen molar-refractivity contribution < 1.29 is 23.8 Å². The number of carbonyl (C=O) groups is 2. The lowest BCUT2D eigenvalue weighted by Gasteiger charge is -2.32. The molecule has 9 nitrogen and oxygen atoms in total. The van der Waals surface area contributed by atoms with E-state index < -0.39 is 0 Å². The zero-order valence-corrected chi connectivity index (χ0v) is 33.7. The van der Waals surface area contributed by atoms with E-state index in [-0.39, 0.29) is 53.8 Å². The van der Waals surface area contributed by atoms with Gasteiger partial charge in [0.2, 0.25) is 11.8 Å². The molecule has 0 bridgehead atoms. The number of methoxy groups -OCH3 is 2. The highest BCUT2D eigenvalue weighted by Crippen LogP contribution is 2.45. The van der Waals surface area contributed by atoms with Gasteiger partial charge in [-0.1, -0.05) is 45.9 Å². The molecule has 7 atom stereocenters. The van der Waals surface area contributed by atoms with Crippen LogP contribution in [0.5, 0.6) is 5.75 Å². The summed E-state index contributed by atoms with van der Waals surface area (Å²) in [6, 6.07) is 15.7. The van der Waals surface area contributed by atoms with Crippen molar-refractivity contribution in [1.82, 2.24) is 9.80 Å². The standard InChI is InChI=1S/C46H56N4O5/c1-25(2)27(4)46(52)50-26(3)9-14-42(50)40-18-33(21-47-40)31-10-12-35-34(16-31)24-55-44-20-36-32(17-38(35)44)11-13-39-37(36)19-41(48-39)43-15-30(23-53-7)22-49(43)45(51)28(5)29(6)54-8/h10-13,16-17,20-21,25-30,42-43H,9,14-15,18-19,22-24H2,1-8H3/t26-,27-,28-,29+,30-,42-,43-/m0/s1. The molecule has 0 radical (unpaired) electrons. The number of hydrogen-bond acceptors (Lipinski definition) is 7.